The maximum atomic E-state index is 13.2. The van der Waals surface area contributed by atoms with E-state index in [0.717, 1.165) is 35.2 Å². The molecule has 39 heavy (non-hydrogen) atoms. The van der Waals surface area contributed by atoms with Gasteiger partial charge >= 0.3 is 35.6 Å². The second-order valence-electron chi connectivity index (χ2n) is 7.52. The molecule has 0 aliphatic rings. The third-order valence-corrected chi connectivity index (χ3v) is 5.12. The first kappa shape index (κ1) is 28.1. The first-order valence-electron chi connectivity index (χ1n) is 10.5. The molecule has 16 nitrogen and oxygen atoms in total. The number of nitro benzene ring substituents is 1. The van der Waals surface area contributed by atoms with Crippen LogP contribution in [0.1, 0.15) is 12.5 Å². The second kappa shape index (κ2) is 10.9. The molecule has 2 aromatic heterocycles. The van der Waals surface area contributed by atoms with Crippen molar-refractivity contribution in [1.29, 1.82) is 0 Å². The molecule has 0 spiro atoms. The zero-order valence-corrected chi connectivity index (χ0v) is 19.5. The summed E-state index contributed by atoms with van der Waals surface area (Å²) >= 11 is 0. The molecule has 0 radical (unpaired) electrons. The third-order valence-electron chi connectivity index (χ3n) is 5.12. The topological polar surface area (TPSA) is 217 Å². The highest BCUT2D eigenvalue weighted by molar-refractivity contribution is 5.83. The third kappa shape index (κ3) is 5.92. The van der Waals surface area contributed by atoms with Gasteiger partial charge in [-0.15, -0.1) is 13.2 Å². The minimum atomic E-state index is -3.03. The van der Waals surface area contributed by atoms with Crippen molar-refractivity contribution in [3.63, 3.8) is 0 Å². The maximum Gasteiger partial charge on any atom is 0.400 e. The molecule has 0 saturated carbocycles. The Morgan fingerprint density at radius 3 is 2.18 bits per heavy atom. The fourth-order valence-corrected chi connectivity index (χ4v) is 3.66. The van der Waals surface area contributed by atoms with Crippen molar-refractivity contribution in [2.24, 2.45) is 0 Å². The van der Waals surface area contributed by atoms with Crippen molar-refractivity contribution in [2.45, 2.75) is 19.3 Å². The molecule has 2 heterocycles. The van der Waals surface area contributed by atoms with E-state index in [1.165, 1.54) is 22.9 Å². The van der Waals surface area contributed by atoms with E-state index < -0.39 is 64.1 Å². The normalized spacial score (nSPS) is 11.1. The fourth-order valence-electron chi connectivity index (χ4n) is 3.66. The van der Waals surface area contributed by atoms with E-state index in [4.69, 9.17) is 4.74 Å². The number of halogens is 3. The van der Waals surface area contributed by atoms with Crippen molar-refractivity contribution >= 4 is 41.2 Å². The van der Waals surface area contributed by atoms with Crippen molar-refractivity contribution in [2.75, 3.05) is 6.61 Å². The molecule has 3 amide bonds. The maximum absolute atomic E-state index is 13.2. The molecule has 0 aliphatic heterocycles. The molecular weight excluding hydrogens is 539 g/mol. The lowest BCUT2D eigenvalue weighted by atomic mass is 10.1. The van der Waals surface area contributed by atoms with E-state index >= 15 is 0 Å². The molecule has 0 unspecified atom stereocenters. The molecule has 1 aromatic carbocycles. The highest BCUT2D eigenvalue weighted by Gasteiger charge is 2.39. The van der Waals surface area contributed by atoms with Gasteiger partial charge in [-0.05, 0) is 19.1 Å². The highest BCUT2D eigenvalue weighted by Crippen LogP contribution is 2.29. The molecule has 0 saturated heterocycles. The van der Waals surface area contributed by atoms with E-state index in [-0.39, 0.29) is 23.3 Å². The Bertz CT molecular complexity index is 1590. The number of benzene rings is 1. The number of esters is 1. The Morgan fingerprint density at radius 1 is 1.08 bits per heavy atom. The number of hydrogen-bond donors (Lipinski definition) is 4. The zero-order chi connectivity index (χ0) is 29.1. The second-order valence-corrected chi connectivity index (χ2v) is 7.52. The number of nitro groups is 1. The molecule has 3 aromatic rings. The number of hydrogen-bond acceptors (Lipinski definition) is 9. The summed E-state index contributed by atoms with van der Waals surface area (Å²) in [6.45, 7) is 0.682. The number of nitrogens with zero attached hydrogens (tertiary/aromatic N) is 3. The summed E-state index contributed by atoms with van der Waals surface area (Å²) in [5.41, 5.74) is -4.55. The molecule has 4 N–H and O–H groups in total. The summed E-state index contributed by atoms with van der Waals surface area (Å²) in [6.07, 6.45) is -5.57. The van der Waals surface area contributed by atoms with Gasteiger partial charge in [0.25, 0.3) is 5.69 Å². The SMILES string of the molecule is CCOC(=O)Cn1c(=O)c(=O)[nH]c2cc([N+](=O)[O-])c(-n3ccc(C(NC(=O)F)(NC(=O)F)NC(=O)F)c3)cc21. The number of carbonyl (C=O) groups excluding carboxylic acids is 4. The van der Waals surface area contributed by atoms with Gasteiger partial charge in [-0.2, -0.15) is 0 Å². The average molecular weight is 555 g/mol. The van der Waals surface area contributed by atoms with Crippen LogP contribution < -0.4 is 27.1 Å². The summed E-state index contributed by atoms with van der Waals surface area (Å²) in [6, 6.07) is 2.72. The lowest BCUT2D eigenvalue weighted by molar-refractivity contribution is -0.384. The van der Waals surface area contributed by atoms with Crippen LogP contribution in [0.5, 0.6) is 0 Å². The van der Waals surface area contributed by atoms with Crippen molar-refractivity contribution in [1.82, 2.24) is 30.1 Å². The molecule has 0 aliphatic carbocycles. The van der Waals surface area contributed by atoms with Crippen LogP contribution in [0.25, 0.3) is 16.7 Å². The van der Waals surface area contributed by atoms with Crippen LogP contribution in [0.3, 0.4) is 0 Å². The van der Waals surface area contributed by atoms with Gasteiger partial charge in [0, 0.05) is 24.0 Å². The molecule has 0 fully saturated rings. The number of aromatic nitrogens is 3. The van der Waals surface area contributed by atoms with E-state index in [0.29, 0.717) is 4.57 Å². The summed E-state index contributed by atoms with van der Waals surface area (Å²) in [5.74, 6) is -3.94. The molecule has 0 atom stereocenters. The Labute approximate surface area is 212 Å². The summed E-state index contributed by atoms with van der Waals surface area (Å²) in [5, 5.41) is 15.8. The number of H-pyrrole nitrogens is 1. The predicted molar refractivity (Wildman–Crippen MR) is 122 cm³/mol. The van der Waals surface area contributed by atoms with E-state index in [2.05, 4.69) is 4.98 Å². The van der Waals surface area contributed by atoms with Crippen LogP contribution in [0.15, 0.2) is 40.2 Å². The number of amides is 3. The zero-order valence-electron chi connectivity index (χ0n) is 19.5. The Morgan fingerprint density at radius 2 is 1.67 bits per heavy atom. The van der Waals surface area contributed by atoms with Gasteiger partial charge in [-0.25, -0.2) is 14.4 Å². The minimum Gasteiger partial charge on any atom is -0.465 e. The number of nitrogens with one attached hydrogen (secondary N) is 4. The Balaban J connectivity index is 2.30. The quantitative estimate of drug-likeness (QED) is 0.0564. The van der Waals surface area contributed by atoms with Crippen LogP contribution in [0, 0.1) is 10.1 Å². The van der Waals surface area contributed by atoms with E-state index in [9.17, 15) is 52.1 Å². The molecular formula is C20H16F3N7O9. The van der Waals surface area contributed by atoms with E-state index in [1.54, 1.807) is 0 Å². The molecule has 3 rings (SSSR count). The van der Waals surface area contributed by atoms with Gasteiger partial charge < -0.3 is 14.3 Å². The van der Waals surface area contributed by atoms with Gasteiger partial charge in [0.05, 0.1) is 22.6 Å². The number of ether oxygens (including phenoxy) is 1. The fraction of sp³-hybridized carbons (Fsp3) is 0.200. The number of rotatable bonds is 9. The summed E-state index contributed by atoms with van der Waals surface area (Å²) in [4.78, 5) is 82.9. The summed E-state index contributed by atoms with van der Waals surface area (Å²) < 4.78 is 46.1. The first-order valence-corrected chi connectivity index (χ1v) is 10.5. The first-order chi connectivity index (χ1) is 18.3. The van der Waals surface area contributed by atoms with E-state index in [1.807, 2.05) is 0 Å². The van der Waals surface area contributed by atoms with Crippen LogP contribution in [-0.4, -0.2) is 50.1 Å². The largest absolute Gasteiger partial charge is 0.465 e. The number of fused-ring (bicyclic) bond motifs is 1. The van der Waals surface area contributed by atoms with Crippen LogP contribution in [-0.2, 0) is 21.9 Å². The van der Waals surface area contributed by atoms with Gasteiger partial charge in [0.15, 0.2) is 0 Å². The van der Waals surface area contributed by atoms with Gasteiger partial charge in [-0.1, -0.05) is 0 Å². The van der Waals surface area contributed by atoms with Crippen LogP contribution in [0.2, 0.25) is 0 Å². The van der Waals surface area contributed by atoms with Crippen molar-refractivity contribution < 1.29 is 42.0 Å². The van der Waals surface area contributed by atoms with Crippen molar-refractivity contribution in [3.8, 4) is 5.69 Å². The highest BCUT2D eigenvalue weighted by atomic mass is 19.1. The number of carbonyl (C=O) groups is 4. The van der Waals surface area contributed by atoms with Crippen molar-refractivity contribution in [3.05, 3.63) is 67.0 Å². The van der Waals surface area contributed by atoms with Gasteiger partial charge in [-0.3, -0.25) is 45.0 Å². The molecule has 19 heteroatoms. The predicted octanol–water partition coefficient (Wildman–Crippen LogP) is 1.10. The van der Waals surface area contributed by atoms with Crippen LogP contribution in [0.4, 0.5) is 33.2 Å². The lowest BCUT2D eigenvalue weighted by Crippen LogP contribution is -2.65. The van der Waals surface area contributed by atoms with Gasteiger partial charge in [0.1, 0.15) is 12.2 Å². The average Bonchev–Trinajstić information content (AvgIpc) is 3.31. The Hall–Kier alpha value is -5.49. The Kier molecular flexibility index (Phi) is 7.82. The minimum absolute atomic E-state index is 0.0560. The standard InChI is InChI=1S/C20H16F3N7O9/c1-2-39-14(31)8-29-11-6-12(13(30(37)38)5-10(11)24-15(32)16(29)33)28-4-3-9(7-28)20(25-17(21)34,26-18(22)35)27-19(23)36/h3-7H,2,8H2,1H3,(H,24,32)(H,25,34)(H,26,35)(H,27,36). The smallest absolute Gasteiger partial charge is 0.400 e. The number of aromatic amines is 1. The van der Waals surface area contributed by atoms with Gasteiger partial charge in [0.2, 0.25) is 5.79 Å². The van der Waals surface area contributed by atoms with Crippen LogP contribution >= 0.6 is 0 Å². The summed E-state index contributed by atoms with van der Waals surface area (Å²) in [7, 11) is 0. The monoisotopic (exact) mass is 555 g/mol. The molecule has 206 valence electrons. The molecule has 0 bridgehead atoms. The lowest BCUT2D eigenvalue weighted by Gasteiger charge is -2.31.